The minimum Gasteiger partial charge on any atom is -0.392 e. The van der Waals surface area contributed by atoms with Crippen LogP contribution in [0.25, 0.3) is 11.3 Å². The highest BCUT2D eigenvalue weighted by Crippen LogP contribution is 2.32. The lowest BCUT2D eigenvalue weighted by Gasteiger charge is -2.18. The molecule has 0 bridgehead atoms. The van der Waals surface area contributed by atoms with Gasteiger partial charge in [-0.05, 0) is 37.9 Å². The average Bonchev–Trinajstić information content (AvgIpc) is 3.21. The van der Waals surface area contributed by atoms with Crippen molar-refractivity contribution >= 4 is 11.6 Å². The molecular weight excluding hydrogens is 288 g/mol. The first-order valence-electron chi connectivity index (χ1n) is 7.20. The summed E-state index contributed by atoms with van der Waals surface area (Å²) in [4.78, 5) is 2.06. The van der Waals surface area contributed by atoms with E-state index in [1.54, 1.807) is 0 Å². The van der Waals surface area contributed by atoms with Gasteiger partial charge in [0.2, 0.25) is 0 Å². The van der Waals surface area contributed by atoms with Crippen LogP contribution in [0.4, 0.5) is 0 Å². The Hall–Kier alpha value is -1.36. The third-order valence-electron chi connectivity index (χ3n) is 3.79. The van der Waals surface area contributed by atoms with Crippen LogP contribution in [-0.2, 0) is 6.54 Å². The Balaban J connectivity index is 1.60. The van der Waals surface area contributed by atoms with E-state index >= 15 is 0 Å². The van der Waals surface area contributed by atoms with Crippen molar-refractivity contribution in [3.05, 3.63) is 41.1 Å². The molecule has 0 radical (unpaired) electrons. The second-order valence-electron chi connectivity index (χ2n) is 5.79. The molecule has 0 spiro atoms. The molecule has 1 aromatic heterocycles. The van der Waals surface area contributed by atoms with Gasteiger partial charge in [-0.3, -0.25) is 4.90 Å². The molecule has 0 saturated heterocycles. The van der Waals surface area contributed by atoms with Crippen LogP contribution in [-0.4, -0.2) is 34.9 Å². The summed E-state index contributed by atoms with van der Waals surface area (Å²) in [6.07, 6.45) is 2.07. The van der Waals surface area contributed by atoms with Crippen LogP contribution in [0.5, 0.6) is 0 Å². The van der Waals surface area contributed by atoms with Gasteiger partial charge in [0, 0.05) is 23.2 Å². The maximum absolute atomic E-state index is 9.95. The first-order valence-corrected chi connectivity index (χ1v) is 7.58. The van der Waals surface area contributed by atoms with Crippen LogP contribution in [0.1, 0.15) is 18.6 Å². The molecule has 3 rings (SSSR count). The quantitative estimate of drug-likeness (QED) is 0.890. The number of halogens is 1. The molecule has 0 amide bonds. The number of rotatable bonds is 6. The van der Waals surface area contributed by atoms with Crippen LogP contribution >= 0.6 is 11.6 Å². The molecular formula is C16H19ClN2O2. The van der Waals surface area contributed by atoms with Crippen LogP contribution in [0.3, 0.4) is 0 Å². The number of nitrogens with zero attached hydrogens (tertiary/aromatic N) is 2. The highest BCUT2D eigenvalue weighted by molar-refractivity contribution is 6.30. The van der Waals surface area contributed by atoms with Crippen molar-refractivity contribution < 1.29 is 9.63 Å². The monoisotopic (exact) mass is 306 g/mol. The Labute approximate surface area is 129 Å². The highest BCUT2D eigenvalue weighted by Gasteiger charge is 2.30. The fraction of sp³-hybridized carbons (Fsp3) is 0.438. The zero-order valence-corrected chi connectivity index (χ0v) is 12.8. The van der Waals surface area contributed by atoms with Gasteiger partial charge in [0.1, 0.15) is 5.69 Å². The molecule has 2 aromatic rings. The van der Waals surface area contributed by atoms with Gasteiger partial charge in [-0.25, -0.2) is 0 Å². The summed E-state index contributed by atoms with van der Waals surface area (Å²) in [6.45, 7) is 1.31. The Morgan fingerprint density at radius 3 is 2.76 bits per heavy atom. The summed E-state index contributed by atoms with van der Waals surface area (Å²) < 4.78 is 5.37. The van der Waals surface area contributed by atoms with E-state index < -0.39 is 0 Å². The van der Waals surface area contributed by atoms with Crippen LogP contribution < -0.4 is 0 Å². The fourth-order valence-electron chi connectivity index (χ4n) is 2.42. The summed E-state index contributed by atoms with van der Waals surface area (Å²) in [7, 11) is 1.98. The van der Waals surface area contributed by atoms with E-state index in [0.717, 1.165) is 29.9 Å². The maximum Gasteiger partial charge on any atom is 0.151 e. The molecule has 1 unspecified atom stereocenters. The van der Waals surface area contributed by atoms with Gasteiger partial charge in [0.15, 0.2) is 5.76 Å². The van der Waals surface area contributed by atoms with E-state index in [2.05, 4.69) is 10.1 Å². The normalized spacial score (nSPS) is 16.4. The Morgan fingerprint density at radius 2 is 2.10 bits per heavy atom. The number of benzene rings is 1. The Bertz CT molecular complexity index is 593. The summed E-state index contributed by atoms with van der Waals surface area (Å²) in [5.41, 5.74) is 1.79. The van der Waals surface area contributed by atoms with Crippen molar-refractivity contribution in [1.29, 1.82) is 0 Å². The first-order chi connectivity index (χ1) is 10.1. The molecule has 4 nitrogen and oxygen atoms in total. The van der Waals surface area contributed by atoms with Crippen molar-refractivity contribution in [3.63, 3.8) is 0 Å². The van der Waals surface area contributed by atoms with Gasteiger partial charge < -0.3 is 9.63 Å². The van der Waals surface area contributed by atoms with Gasteiger partial charge in [0.25, 0.3) is 0 Å². The van der Waals surface area contributed by atoms with Crippen molar-refractivity contribution in [2.24, 2.45) is 5.92 Å². The molecule has 5 heteroatoms. The number of aliphatic hydroxyl groups is 1. The molecule has 1 atom stereocenters. The summed E-state index contributed by atoms with van der Waals surface area (Å²) >= 11 is 5.88. The average molecular weight is 307 g/mol. The molecule has 0 aliphatic heterocycles. The van der Waals surface area contributed by atoms with Gasteiger partial charge in [-0.1, -0.05) is 28.9 Å². The summed E-state index contributed by atoms with van der Waals surface area (Å²) in [6, 6.07) is 9.45. The smallest absolute Gasteiger partial charge is 0.151 e. The zero-order valence-electron chi connectivity index (χ0n) is 12.0. The van der Waals surface area contributed by atoms with Gasteiger partial charge in [0.05, 0.1) is 12.6 Å². The lowest BCUT2D eigenvalue weighted by molar-refractivity contribution is 0.100. The van der Waals surface area contributed by atoms with E-state index in [1.165, 1.54) is 0 Å². The fourth-order valence-corrected chi connectivity index (χ4v) is 2.55. The predicted octanol–water partition coefficient (Wildman–Crippen LogP) is 3.20. The lowest BCUT2D eigenvalue weighted by Crippen LogP contribution is -2.29. The second-order valence-corrected chi connectivity index (χ2v) is 6.22. The predicted molar refractivity (Wildman–Crippen MR) is 82.0 cm³/mol. The number of hydrogen-bond acceptors (Lipinski definition) is 4. The second kappa shape index (κ2) is 6.18. The maximum atomic E-state index is 9.95. The van der Waals surface area contributed by atoms with Crippen LogP contribution in [0.15, 0.2) is 34.9 Å². The van der Waals surface area contributed by atoms with E-state index in [4.69, 9.17) is 16.1 Å². The molecule has 1 aromatic carbocycles. The van der Waals surface area contributed by atoms with Crippen molar-refractivity contribution in [2.75, 3.05) is 13.6 Å². The molecule has 1 fully saturated rings. The first kappa shape index (κ1) is 14.6. The molecule has 1 saturated carbocycles. The zero-order chi connectivity index (χ0) is 14.8. The Kier molecular flexibility index (Phi) is 4.29. The molecule has 21 heavy (non-hydrogen) atoms. The van der Waals surface area contributed by atoms with Crippen LogP contribution in [0.2, 0.25) is 5.02 Å². The molecule has 1 aliphatic carbocycles. The van der Waals surface area contributed by atoms with Crippen molar-refractivity contribution in [1.82, 2.24) is 10.1 Å². The molecule has 112 valence electrons. The van der Waals surface area contributed by atoms with Gasteiger partial charge >= 0.3 is 0 Å². The van der Waals surface area contributed by atoms with E-state index in [0.29, 0.717) is 24.0 Å². The number of aliphatic hydroxyl groups excluding tert-OH is 1. The van der Waals surface area contributed by atoms with Crippen molar-refractivity contribution in [3.8, 4) is 11.3 Å². The number of hydrogen-bond donors (Lipinski definition) is 1. The third kappa shape index (κ3) is 3.84. The third-order valence-corrected chi connectivity index (χ3v) is 4.04. The largest absolute Gasteiger partial charge is 0.392 e. The van der Waals surface area contributed by atoms with E-state index in [1.807, 2.05) is 37.4 Å². The summed E-state index contributed by atoms with van der Waals surface area (Å²) in [5, 5.41) is 14.7. The van der Waals surface area contributed by atoms with Crippen molar-refractivity contribution in [2.45, 2.75) is 25.5 Å². The van der Waals surface area contributed by atoms with Crippen LogP contribution in [0, 0.1) is 5.92 Å². The molecule has 1 heterocycles. The highest BCUT2D eigenvalue weighted by atomic mass is 35.5. The number of aromatic nitrogens is 1. The number of likely N-dealkylation sites (N-methyl/N-ethyl adjacent to an activating group) is 1. The molecule has 1 aliphatic rings. The van der Waals surface area contributed by atoms with Gasteiger partial charge in [-0.15, -0.1) is 0 Å². The van der Waals surface area contributed by atoms with Gasteiger partial charge in [-0.2, -0.15) is 0 Å². The topological polar surface area (TPSA) is 49.5 Å². The Morgan fingerprint density at radius 1 is 1.38 bits per heavy atom. The van der Waals surface area contributed by atoms with E-state index in [-0.39, 0.29) is 6.10 Å². The SMILES string of the molecule is CN(Cc1cc(-c2ccc(Cl)cc2)no1)CC(O)C1CC1. The van der Waals surface area contributed by atoms with E-state index in [9.17, 15) is 5.11 Å². The minimum absolute atomic E-state index is 0.228. The minimum atomic E-state index is -0.228. The standard InChI is InChI=1S/C16H19ClN2O2/c1-19(10-16(20)12-2-3-12)9-14-8-15(18-21-14)11-4-6-13(17)7-5-11/h4-8,12,16,20H,2-3,9-10H2,1H3. The molecule has 1 N–H and O–H groups in total. The summed E-state index contributed by atoms with van der Waals surface area (Å²) in [5.74, 6) is 1.29. The lowest BCUT2D eigenvalue weighted by atomic mass is 10.1.